The Morgan fingerprint density at radius 3 is 2.83 bits per heavy atom. The fourth-order valence-corrected chi connectivity index (χ4v) is 2.07. The number of nitrogen functional groups attached to an aromatic ring is 1. The van der Waals surface area contributed by atoms with E-state index in [0.717, 1.165) is 5.56 Å². The van der Waals surface area contributed by atoms with Crippen LogP contribution in [-0.4, -0.2) is 10.1 Å². The summed E-state index contributed by atoms with van der Waals surface area (Å²) in [5.41, 5.74) is 7.11. The van der Waals surface area contributed by atoms with Crippen LogP contribution in [0.1, 0.15) is 17.2 Å². The zero-order chi connectivity index (χ0) is 13.1. The molecule has 5 heteroatoms. The van der Waals surface area contributed by atoms with Crippen molar-refractivity contribution < 1.29 is 9.50 Å². The van der Waals surface area contributed by atoms with Gasteiger partial charge >= 0.3 is 0 Å². The van der Waals surface area contributed by atoms with E-state index < -0.39 is 6.10 Å². The maximum Gasteiger partial charge on any atom is 0.137 e. The summed E-state index contributed by atoms with van der Waals surface area (Å²) in [6, 6.07) is 8.00. The van der Waals surface area contributed by atoms with Gasteiger partial charge in [-0.3, -0.25) is 0 Å². The number of nitrogens with two attached hydrogens (primary N) is 1. The smallest absolute Gasteiger partial charge is 0.137 e. The van der Waals surface area contributed by atoms with Crippen LogP contribution in [0.25, 0.3) is 0 Å². The minimum absolute atomic E-state index is 0.332. The molecule has 1 unspecified atom stereocenters. The zero-order valence-electron chi connectivity index (χ0n) is 9.48. The largest absolute Gasteiger partial charge is 0.388 e. The second kappa shape index (κ2) is 5.46. The number of hydrogen-bond acceptors (Lipinski definition) is 3. The van der Waals surface area contributed by atoms with E-state index in [-0.39, 0.29) is 5.82 Å². The highest BCUT2D eigenvalue weighted by Gasteiger charge is 2.12. The van der Waals surface area contributed by atoms with Gasteiger partial charge in [-0.25, -0.2) is 9.37 Å². The lowest BCUT2D eigenvalue weighted by molar-refractivity contribution is 0.178. The minimum Gasteiger partial charge on any atom is -0.388 e. The summed E-state index contributed by atoms with van der Waals surface area (Å²) in [5, 5.41) is 10.1. The van der Waals surface area contributed by atoms with E-state index in [4.69, 9.17) is 5.73 Å². The average molecular weight is 311 g/mol. The van der Waals surface area contributed by atoms with Gasteiger partial charge in [-0.2, -0.15) is 0 Å². The van der Waals surface area contributed by atoms with Crippen molar-refractivity contribution in [1.82, 2.24) is 4.98 Å². The van der Waals surface area contributed by atoms with Crippen molar-refractivity contribution in [2.24, 2.45) is 0 Å². The number of halogens is 2. The van der Waals surface area contributed by atoms with Gasteiger partial charge in [0.1, 0.15) is 11.6 Å². The lowest BCUT2D eigenvalue weighted by Crippen LogP contribution is -2.05. The number of pyridine rings is 1. The third-order valence-corrected chi connectivity index (χ3v) is 3.28. The molecule has 0 aliphatic heterocycles. The van der Waals surface area contributed by atoms with Gasteiger partial charge in [0, 0.05) is 12.6 Å². The van der Waals surface area contributed by atoms with E-state index >= 15 is 0 Å². The second-order valence-corrected chi connectivity index (χ2v) is 4.80. The molecule has 0 aliphatic rings. The van der Waals surface area contributed by atoms with E-state index in [1.165, 1.54) is 6.07 Å². The molecule has 18 heavy (non-hydrogen) atoms. The number of anilines is 1. The number of aliphatic hydroxyl groups excluding tert-OH is 1. The first-order chi connectivity index (χ1) is 8.58. The highest BCUT2D eigenvalue weighted by molar-refractivity contribution is 9.10. The number of hydrogen-bond donors (Lipinski definition) is 2. The van der Waals surface area contributed by atoms with Gasteiger partial charge < -0.3 is 10.8 Å². The molecule has 2 rings (SSSR count). The van der Waals surface area contributed by atoms with Gasteiger partial charge in [0.25, 0.3) is 0 Å². The topological polar surface area (TPSA) is 59.1 Å². The Bertz CT molecular complexity index is 562. The summed E-state index contributed by atoms with van der Waals surface area (Å²) < 4.78 is 13.4. The fraction of sp³-hybridized carbons (Fsp3) is 0.154. The van der Waals surface area contributed by atoms with E-state index in [2.05, 4.69) is 20.9 Å². The van der Waals surface area contributed by atoms with Crippen molar-refractivity contribution >= 4 is 21.7 Å². The third kappa shape index (κ3) is 2.86. The van der Waals surface area contributed by atoms with Crippen LogP contribution in [0.5, 0.6) is 0 Å². The van der Waals surface area contributed by atoms with Gasteiger partial charge in [-0.05, 0) is 45.3 Å². The average Bonchev–Trinajstić information content (AvgIpc) is 2.35. The molecule has 0 fully saturated rings. The van der Waals surface area contributed by atoms with Crippen LogP contribution in [0.3, 0.4) is 0 Å². The number of rotatable bonds is 3. The van der Waals surface area contributed by atoms with Crippen molar-refractivity contribution in [2.75, 3.05) is 5.73 Å². The van der Waals surface area contributed by atoms with Crippen LogP contribution in [0.4, 0.5) is 10.2 Å². The van der Waals surface area contributed by atoms with Gasteiger partial charge in [0.2, 0.25) is 0 Å². The van der Waals surface area contributed by atoms with Crippen LogP contribution < -0.4 is 5.73 Å². The lowest BCUT2D eigenvalue weighted by Gasteiger charge is -2.12. The molecule has 3 N–H and O–H groups in total. The quantitative estimate of drug-likeness (QED) is 0.916. The molecular formula is C13H12BrFN2O. The summed E-state index contributed by atoms with van der Waals surface area (Å²) in [7, 11) is 0. The predicted octanol–water partition coefficient (Wildman–Crippen LogP) is 2.84. The summed E-state index contributed by atoms with van der Waals surface area (Å²) in [6.07, 6.45) is 1.20. The van der Waals surface area contributed by atoms with Crippen molar-refractivity contribution in [3.63, 3.8) is 0 Å². The molecule has 0 aliphatic carbocycles. The summed E-state index contributed by atoms with van der Waals surface area (Å²) in [6.45, 7) is 0. The molecule has 3 nitrogen and oxygen atoms in total. The molecule has 1 aromatic carbocycles. The van der Waals surface area contributed by atoms with E-state index in [0.29, 0.717) is 22.3 Å². The van der Waals surface area contributed by atoms with Crippen molar-refractivity contribution in [1.29, 1.82) is 0 Å². The molecule has 1 heterocycles. The van der Waals surface area contributed by atoms with Crippen molar-refractivity contribution in [3.05, 3.63) is 57.9 Å². The highest BCUT2D eigenvalue weighted by atomic mass is 79.9. The number of nitrogens with zero attached hydrogens (tertiary/aromatic N) is 1. The Hall–Kier alpha value is -1.46. The normalized spacial score (nSPS) is 12.4. The zero-order valence-corrected chi connectivity index (χ0v) is 11.1. The van der Waals surface area contributed by atoms with Gasteiger partial charge in [0.05, 0.1) is 10.6 Å². The van der Waals surface area contributed by atoms with Crippen molar-refractivity contribution in [2.45, 2.75) is 12.5 Å². The summed E-state index contributed by atoms with van der Waals surface area (Å²) in [4.78, 5) is 3.95. The van der Waals surface area contributed by atoms with Gasteiger partial charge in [-0.15, -0.1) is 0 Å². The SMILES string of the molecule is Nc1ncccc1CC(O)c1ccc(F)c(Br)c1. The molecule has 2 aromatic rings. The van der Waals surface area contributed by atoms with E-state index in [1.54, 1.807) is 24.4 Å². The lowest BCUT2D eigenvalue weighted by atomic mass is 10.0. The Morgan fingerprint density at radius 2 is 2.17 bits per heavy atom. The van der Waals surface area contributed by atoms with Crippen LogP contribution in [0.2, 0.25) is 0 Å². The molecule has 0 saturated heterocycles. The maximum atomic E-state index is 13.1. The van der Waals surface area contributed by atoms with Crippen LogP contribution in [-0.2, 0) is 6.42 Å². The monoisotopic (exact) mass is 310 g/mol. The third-order valence-electron chi connectivity index (χ3n) is 2.67. The summed E-state index contributed by atoms with van der Waals surface area (Å²) in [5.74, 6) is 0.0459. The Morgan fingerprint density at radius 1 is 1.39 bits per heavy atom. The first-order valence-corrected chi connectivity index (χ1v) is 6.19. The Balaban J connectivity index is 2.19. The molecule has 0 radical (unpaired) electrons. The summed E-state index contributed by atoms with van der Waals surface area (Å²) >= 11 is 3.09. The van der Waals surface area contributed by atoms with Crippen molar-refractivity contribution in [3.8, 4) is 0 Å². The predicted molar refractivity (Wildman–Crippen MR) is 71.4 cm³/mol. The van der Waals surface area contributed by atoms with Crippen LogP contribution >= 0.6 is 15.9 Å². The maximum absolute atomic E-state index is 13.1. The van der Waals surface area contributed by atoms with Gasteiger partial charge in [0.15, 0.2) is 0 Å². The molecular weight excluding hydrogens is 299 g/mol. The fourth-order valence-electron chi connectivity index (χ4n) is 1.67. The minimum atomic E-state index is -0.742. The Labute approximate surface area is 113 Å². The number of benzene rings is 1. The molecule has 0 amide bonds. The molecule has 0 bridgehead atoms. The highest BCUT2D eigenvalue weighted by Crippen LogP contribution is 2.24. The Kier molecular flexibility index (Phi) is 3.93. The van der Waals surface area contributed by atoms with Gasteiger partial charge in [-0.1, -0.05) is 12.1 Å². The first-order valence-electron chi connectivity index (χ1n) is 5.40. The van der Waals surface area contributed by atoms with E-state index in [1.807, 2.05) is 6.07 Å². The molecule has 1 aromatic heterocycles. The standard InChI is InChI=1S/C13H12BrFN2O/c14-10-6-8(3-4-11(10)15)12(18)7-9-2-1-5-17-13(9)16/h1-6,12,18H,7H2,(H2,16,17). The molecule has 0 saturated carbocycles. The van der Waals surface area contributed by atoms with Crippen LogP contribution in [0.15, 0.2) is 41.0 Å². The first kappa shape index (κ1) is 13.0. The number of aliphatic hydroxyl groups is 1. The van der Waals surface area contributed by atoms with Crippen LogP contribution in [0, 0.1) is 5.82 Å². The molecule has 94 valence electrons. The molecule has 0 spiro atoms. The number of aromatic nitrogens is 1. The molecule has 1 atom stereocenters. The second-order valence-electron chi connectivity index (χ2n) is 3.94. The van der Waals surface area contributed by atoms with E-state index in [9.17, 15) is 9.50 Å².